The minimum absolute atomic E-state index is 0.335. The number of carbonyl (C=O) groups excluding carboxylic acids is 1. The lowest BCUT2D eigenvalue weighted by Crippen LogP contribution is -2.17. The van der Waals surface area contributed by atoms with Gasteiger partial charge in [-0.15, -0.1) is 5.10 Å². The Morgan fingerprint density at radius 2 is 2.31 bits per heavy atom. The summed E-state index contributed by atoms with van der Waals surface area (Å²) in [4.78, 5) is 11.2. The molecule has 88 valence electrons. The van der Waals surface area contributed by atoms with Gasteiger partial charge in [-0.3, -0.25) is 4.79 Å². The number of hydrogen-bond donors (Lipinski definition) is 1. The van der Waals surface area contributed by atoms with E-state index in [9.17, 15) is 4.79 Å². The summed E-state index contributed by atoms with van der Waals surface area (Å²) in [5.41, 5.74) is 6.53. The van der Waals surface area contributed by atoms with Crippen LogP contribution in [0, 0.1) is 5.92 Å². The van der Waals surface area contributed by atoms with Crippen LogP contribution in [-0.2, 0) is 6.42 Å². The lowest BCUT2D eigenvalue weighted by atomic mass is 10.1. The highest BCUT2D eigenvalue weighted by molar-refractivity contribution is 5.91. The molecule has 1 unspecified atom stereocenters. The Labute approximate surface area is 95.0 Å². The van der Waals surface area contributed by atoms with E-state index in [1.165, 1.54) is 12.8 Å². The number of hydrogen-bond acceptors (Lipinski definition) is 3. The van der Waals surface area contributed by atoms with Crippen molar-refractivity contribution in [2.24, 2.45) is 11.7 Å². The third-order valence-electron chi connectivity index (χ3n) is 3.20. The third-order valence-corrected chi connectivity index (χ3v) is 3.20. The zero-order valence-corrected chi connectivity index (χ0v) is 9.81. The minimum Gasteiger partial charge on any atom is -0.364 e. The second kappa shape index (κ2) is 4.23. The maximum Gasteiger partial charge on any atom is 0.271 e. The highest BCUT2D eigenvalue weighted by atomic mass is 16.1. The molecule has 5 nitrogen and oxygen atoms in total. The van der Waals surface area contributed by atoms with Crippen LogP contribution in [-0.4, -0.2) is 20.9 Å². The van der Waals surface area contributed by atoms with Crippen molar-refractivity contribution in [1.29, 1.82) is 0 Å². The number of carbonyl (C=O) groups is 1. The van der Waals surface area contributed by atoms with Gasteiger partial charge in [-0.25, -0.2) is 4.68 Å². The molecule has 0 aromatic carbocycles. The number of nitrogens with two attached hydrogens (primary N) is 1. The summed E-state index contributed by atoms with van der Waals surface area (Å²) in [5, 5.41) is 7.99. The van der Waals surface area contributed by atoms with E-state index in [2.05, 4.69) is 24.2 Å². The van der Waals surface area contributed by atoms with Gasteiger partial charge >= 0.3 is 0 Å². The maximum atomic E-state index is 11.2. The topological polar surface area (TPSA) is 73.8 Å². The first-order valence-corrected chi connectivity index (χ1v) is 5.89. The van der Waals surface area contributed by atoms with E-state index in [0.717, 1.165) is 18.5 Å². The van der Waals surface area contributed by atoms with Crippen molar-refractivity contribution in [3.8, 4) is 0 Å². The van der Waals surface area contributed by atoms with Crippen LogP contribution in [0.4, 0.5) is 0 Å². The fraction of sp³-hybridized carbons (Fsp3) is 0.727. The molecule has 1 aliphatic rings. The molecule has 1 saturated carbocycles. The second-order valence-electron chi connectivity index (χ2n) is 4.52. The summed E-state index contributed by atoms with van der Waals surface area (Å²) >= 11 is 0. The minimum atomic E-state index is -0.474. The Balaban J connectivity index is 2.32. The normalized spacial score (nSPS) is 17.4. The summed E-state index contributed by atoms with van der Waals surface area (Å²) in [6.45, 7) is 4.21. The van der Waals surface area contributed by atoms with E-state index < -0.39 is 5.91 Å². The van der Waals surface area contributed by atoms with Crippen LogP contribution in [0.1, 0.15) is 55.3 Å². The summed E-state index contributed by atoms with van der Waals surface area (Å²) in [6, 6.07) is 0.335. The fourth-order valence-corrected chi connectivity index (χ4v) is 2.08. The maximum absolute atomic E-state index is 11.2. The molecular weight excluding hydrogens is 204 g/mol. The van der Waals surface area contributed by atoms with Crippen molar-refractivity contribution in [2.75, 3.05) is 0 Å². The van der Waals surface area contributed by atoms with E-state index in [0.29, 0.717) is 17.7 Å². The predicted molar refractivity (Wildman–Crippen MR) is 60.0 cm³/mol. The van der Waals surface area contributed by atoms with Gasteiger partial charge in [-0.1, -0.05) is 18.6 Å². The van der Waals surface area contributed by atoms with Crippen LogP contribution in [0.5, 0.6) is 0 Å². The molecule has 1 aromatic rings. The molecule has 0 spiro atoms. The van der Waals surface area contributed by atoms with Gasteiger partial charge in [-0.05, 0) is 32.1 Å². The van der Waals surface area contributed by atoms with Crippen molar-refractivity contribution in [3.63, 3.8) is 0 Å². The average molecular weight is 222 g/mol. The first-order chi connectivity index (χ1) is 7.65. The summed E-state index contributed by atoms with van der Waals surface area (Å²) in [5.74, 6) is 0.218. The number of nitrogens with zero attached hydrogens (tertiary/aromatic N) is 3. The monoisotopic (exact) mass is 222 g/mol. The highest BCUT2D eigenvalue weighted by Crippen LogP contribution is 2.39. The molecule has 0 aliphatic heterocycles. The zero-order valence-electron chi connectivity index (χ0n) is 9.81. The molecule has 2 N–H and O–H groups in total. The molecule has 1 heterocycles. The van der Waals surface area contributed by atoms with Gasteiger partial charge in [-0.2, -0.15) is 0 Å². The van der Waals surface area contributed by atoms with Crippen molar-refractivity contribution in [1.82, 2.24) is 15.0 Å². The fourth-order valence-electron chi connectivity index (χ4n) is 2.08. The van der Waals surface area contributed by atoms with Crippen LogP contribution in [0.2, 0.25) is 0 Å². The molecule has 1 atom stereocenters. The van der Waals surface area contributed by atoms with Crippen LogP contribution in [0.3, 0.4) is 0 Å². The summed E-state index contributed by atoms with van der Waals surface area (Å²) in [6.07, 6.45) is 4.27. The number of aromatic nitrogens is 3. The first kappa shape index (κ1) is 11.1. The van der Waals surface area contributed by atoms with E-state index in [1.54, 1.807) is 0 Å². The number of amides is 1. The van der Waals surface area contributed by atoms with Crippen LogP contribution < -0.4 is 5.73 Å². The van der Waals surface area contributed by atoms with Crippen molar-refractivity contribution in [3.05, 3.63) is 11.4 Å². The highest BCUT2D eigenvalue weighted by Gasteiger charge is 2.32. The van der Waals surface area contributed by atoms with Gasteiger partial charge in [0.05, 0.1) is 11.7 Å². The molecule has 1 amide bonds. The van der Waals surface area contributed by atoms with E-state index >= 15 is 0 Å². The predicted octanol–water partition coefficient (Wildman–Crippen LogP) is 1.30. The third kappa shape index (κ3) is 1.94. The van der Waals surface area contributed by atoms with Gasteiger partial charge in [0.25, 0.3) is 5.91 Å². The SMILES string of the molecule is CCCc1c(C(N)=O)nnn1C(C)C1CC1. The Morgan fingerprint density at radius 3 is 2.81 bits per heavy atom. The largest absolute Gasteiger partial charge is 0.364 e. The van der Waals surface area contributed by atoms with Crippen LogP contribution in [0.15, 0.2) is 0 Å². The number of primary amides is 1. The van der Waals surface area contributed by atoms with Gasteiger partial charge < -0.3 is 5.73 Å². The Bertz CT molecular complexity index is 395. The van der Waals surface area contributed by atoms with Crippen molar-refractivity contribution < 1.29 is 4.79 Å². The Morgan fingerprint density at radius 1 is 1.62 bits per heavy atom. The second-order valence-corrected chi connectivity index (χ2v) is 4.52. The Kier molecular flexibility index (Phi) is 2.94. The summed E-state index contributed by atoms with van der Waals surface area (Å²) in [7, 11) is 0. The van der Waals surface area contributed by atoms with Gasteiger partial charge in [0.2, 0.25) is 0 Å². The molecule has 0 radical (unpaired) electrons. The van der Waals surface area contributed by atoms with Crippen LogP contribution in [0.25, 0.3) is 0 Å². The summed E-state index contributed by atoms with van der Waals surface area (Å²) < 4.78 is 1.89. The van der Waals surface area contributed by atoms with Crippen molar-refractivity contribution in [2.45, 2.75) is 45.6 Å². The molecule has 0 bridgehead atoms. The smallest absolute Gasteiger partial charge is 0.271 e. The molecule has 1 aromatic heterocycles. The molecular formula is C11H18N4O. The lowest BCUT2D eigenvalue weighted by Gasteiger charge is -2.13. The molecule has 1 aliphatic carbocycles. The van der Waals surface area contributed by atoms with Gasteiger partial charge in [0, 0.05) is 0 Å². The zero-order chi connectivity index (χ0) is 11.7. The molecule has 5 heteroatoms. The molecule has 2 rings (SSSR count). The first-order valence-electron chi connectivity index (χ1n) is 5.89. The van der Waals surface area contributed by atoms with E-state index in [4.69, 9.17) is 5.73 Å². The number of rotatable bonds is 5. The molecule has 1 fully saturated rings. The quantitative estimate of drug-likeness (QED) is 0.816. The molecule has 16 heavy (non-hydrogen) atoms. The standard InChI is InChI=1S/C11H18N4O/c1-3-4-9-10(11(12)16)13-14-15(9)7(2)8-5-6-8/h7-8H,3-6H2,1-2H3,(H2,12,16). The van der Waals surface area contributed by atoms with Gasteiger partial charge in [0.1, 0.15) is 0 Å². The average Bonchev–Trinajstić information content (AvgIpc) is 2.99. The lowest BCUT2D eigenvalue weighted by molar-refractivity contribution is 0.0994. The van der Waals surface area contributed by atoms with Gasteiger partial charge in [0.15, 0.2) is 5.69 Å². The molecule has 0 saturated heterocycles. The van der Waals surface area contributed by atoms with Crippen LogP contribution >= 0.6 is 0 Å². The van der Waals surface area contributed by atoms with E-state index in [-0.39, 0.29) is 0 Å². The van der Waals surface area contributed by atoms with Crippen molar-refractivity contribution >= 4 is 5.91 Å². The van der Waals surface area contributed by atoms with E-state index in [1.807, 2.05) is 4.68 Å². The Hall–Kier alpha value is -1.39.